The third kappa shape index (κ3) is 3.64. The highest BCUT2D eigenvalue weighted by Gasteiger charge is 2.70. The number of carbonyl (C=O) groups is 3. The summed E-state index contributed by atoms with van der Waals surface area (Å²) in [5, 5.41) is 1.78. The van der Waals surface area contributed by atoms with Gasteiger partial charge >= 0.3 is 12.1 Å². The van der Waals surface area contributed by atoms with Crippen LogP contribution in [0.3, 0.4) is 0 Å². The van der Waals surface area contributed by atoms with Gasteiger partial charge in [-0.2, -0.15) is 13.2 Å². The molecule has 1 atom stereocenters. The van der Waals surface area contributed by atoms with E-state index in [2.05, 4.69) is 4.74 Å². The predicted octanol–water partition coefficient (Wildman–Crippen LogP) is 2.15. The van der Waals surface area contributed by atoms with Crippen molar-refractivity contribution in [3.8, 4) is 0 Å². The second kappa shape index (κ2) is 7.45. The first-order chi connectivity index (χ1) is 11.4. The molecule has 6 nitrogen and oxygen atoms in total. The van der Waals surface area contributed by atoms with Gasteiger partial charge in [0.1, 0.15) is 5.57 Å². The maximum Gasteiger partial charge on any atom is 0.425 e. The Labute approximate surface area is 144 Å². The number of rotatable bonds is 6. The average Bonchev–Trinajstić information content (AvgIpc) is 2.68. The molecule has 1 heterocycles. The van der Waals surface area contributed by atoms with Crippen molar-refractivity contribution in [1.29, 1.82) is 0 Å². The minimum atomic E-state index is -5.20. The summed E-state index contributed by atoms with van der Waals surface area (Å²) in [7, 11) is 0.923. The number of allylic oxidation sites excluding steroid dienone is 1. The maximum absolute atomic E-state index is 14.0. The summed E-state index contributed by atoms with van der Waals surface area (Å²) in [6.07, 6.45) is -5.04. The van der Waals surface area contributed by atoms with Crippen molar-refractivity contribution in [2.24, 2.45) is 5.92 Å². The van der Waals surface area contributed by atoms with Gasteiger partial charge in [0.25, 0.3) is 5.91 Å². The summed E-state index contributed by atoms with van der Waals surface area (Å²) in [5.74, 6) is -3.88. The number of nitrogens with zero attached hydrogens (tertiary/aromatic N) is 1. The molecule has 0 aromatic carbocycles. The van der Waals surface area contributed by atoms with Gasteiger partial charge in [0.05, 0.1) is 7.11 Å². The van der Waals surface area contributed by atoms with E-state index in [1.807, 2.05) is 0 Å². The molecular weight excluding hydrogens is 341 g/mol. The van der Waals surface area contributed by atoms with Crippen molar-refractivity contribution in [3.05, 3.63) is 11.3 Å². The highest BCUT2D eigenvalue weighted by atomic mass is 19.4. The van der Waals surface area contributed by atoms with Gasteiger partial charge in [0.2, 0.25) is 11.4 Å². The van der Waals surface area contributed by atoms with Crippen LogP contribution in [0.15, 0.2) is 11.3 Å². The molecule has 25 heavy (non-hydrogen) atoms. The van der Waals surface area contributed by atoms with Gasteiger partial charge in [-0.05, 0) is 19.3 Å². The molecule has 0 saturated heterocycles. The second-order valence-electron chi connectivity index (χ2n) is 6.30. The smallest absolute Gasteiger partial charge is 0.425 e. The molecule has 0 spiro atoms. The summed E-state index contributed by atoms with van der Waals surface area (Å²) < 4.78 is 46.4. The molecule has 0 fully saturated rings. The fourth-order valence-corrected chi connectivity index (χ4v) is 2.84. The van der Waals surface area contributed by atoms with Crippen molar-refractivity contribution in [2.75, 3.05) is 13.7 Å². The largest absolute Gasteiger partial charge is 0.466 e. The minimum Gasteiger partial charge on any atom is -0.466 e. The lowest BCUT2D eigenvalue weighted by atomic mass is 9.88. The van der Waals surface area contributed by atoms with Gasteiger partial charge in [-0.3, -0.25) is 9.59 Å². The Morgan fingerprint density at radius 1 is 1.32 bits per heavy atom. The number of hydrogen-bond acceptors (Lipinski definition) is 4. The van der Waals surface area contributed by atoms with E-state index in [0.29, 0.717) is 6.42 Å². The SMILES string of the molecule is CCCN1C(=O)C(NC(=O)CC(C)C)(C(F)(F)F)C(C(=O)OC)=C1C. The van der Waals surface area contributed by atoms with E-state index in [0.717, 1.165) is 12.0 Å². The van der Waals surface area contributed by atoms with Crippen LogP contribution in [0.1, 0.15) is 40.5 Å². The topological polar surface area (TPSA) is 75.7 Å². The first kappa shape index (κ1) is 21.0. The maximum atomic E-state index is 14.0. The Morgan fingerprint density at radius 2 is 1.88 bits per heavy atom. The average molecular weight is 364 g/mol. The standard InChI is InChI=1S/C16H23F3N2O4/c1-6-7-21-10(4)12(13(23)25-5)15(14(21)24,16(17,18)19)20-11(22)8-9(2)3/h9H,6-8H2,1-5H3,(H,20,22). The van der Waals surface area contributed by atoms with Gasteiger partial charge in [-0.15, -0.1) is 0 Å². The first-order valence-corrected chi connectivity index (χ1v) is 7.93. The second-order valence-corrected chi connectivity index (χ2v) is 6.30. The monoisotopic (exact) mass is 364 g/mol. The van der Waals surface area contributed by atoms with Crippen molar-refractivity contribution in [2.45, 2.75) is 52.3 Å². The predicted molar refractivity (Wildman–Crippen MR) is 83.1 cm³/mol. The summed E-state index contributed by atoms with van der Waals surface area (Å²) in [6.45, 7) is 6.22. The quantitative estimate of drug-likeness (QED) is 0.733. The highest BCUT2D eigenvalue weighted by molar-refractivity contribution is 6.10. The molecule has 0 radical (unpaired) electrons. The third-order valence-corrected chi connectivity index (χ3v) is 3.89. The highest BCUT2D eigenvalue weighted by Crippen LogP contribution is 2.45. The summed E-state index contributed by atoms with van der Waals surface area (Å²) in [6, 6.07) is 0. The Kier molecular flexibility index (Phi) is 6.25. The number of halogens is 3. The van der Waals surface area contributed by atoms with E-state index < -0.39 is 35.1 Å². The van der Waals surface area contributed by atoms with Crippen molar-refractivity contribution < 1.29 is 32.3 Å². The molecule has 1 aliphatic heterocycles. The van der Waals surface area contributed by atoms with E-state index in [1.54, 1.807) is 26.1 Å². The molecule has 0 bridgehead atoms. The molecular formula is C16H23F3N2O4. The van der Waals surface area contributed by atoms with Crippen LogP contribution in [0.4, 0.5) is 13.2 Å². The van der Waals surface area contributed by atoms with Crippen molar-refractivity contribution in [1.82, 2.24) is 10.2 Å². The molecule has 142 valence electrons. The Hall–Kier alpha value is -2.06. The van der Waals surface area contributed by atoms with E-state index >= 15 is 0 Å². The van der Waals surface area contributed by atoms with Crippen LogP contribution in [0, 0.1) is 5.92 Å². The van der Waals surface area contributed by atoms with Crippen LogP contribution in [0.5, 0.6) is 0 Å². The molecule has 9 heteroatoms. The zero-order chi connectivity index (χ0) is 19.6. The Bertz CT molecular complexity index is 599. The molecule has 1 unspecified atom stereocenters. The van der Waals surface area contributed by atoms with Crippen molar-refractivity contribution in [3.63, 3.8) is 0 Å². The molecule has 1 aliphatic rings. The van der Waals surface area contributed by atoms with Gasteiger partial charge in [-0.1, -0.05) is 20.8 Å². The number of carbonyl (C=O) groups excluding carboxylic acids is 3. The number of amides is 2. The van der Waals surface area contributed by atoms with Crippen molar-refractivity contribution >= 4 is 17.8 Å². The molecule has 0 aromatic rings. The zero-order valence-corrected chi connectivity index (χ0v) is 14.9. The summed E-state index contributed by atoms with van der Waals surface area (Å²) >= 11 is 0. The molecule has 0 aromatic heterocycles. The normalized spacial score (nSPS) is 21.2. The number of hydrogen-bond donors (Lipinski definition) is 1. The van der Waals surface area contributed by atoms with Crippen LogP contribution in [0.25, 0.3) is 0 Å². The van der Waals surface area contributed by atoms with Gasteiger partial charge < -0.3 is 15.0 Å². The fourth-order valence-electron chi connectivity index (χ4n) is 2.84. The van der Waals surface area contributed by atoms with Gasteiger partial charge in [0, 0.05) is 18.7 Å². The lowest BCUT2D eigenvalue weighted by Gasteiger charge is -2.33. The van der Waals surface area contributed by atoms with E-state index in [-0.39, 0.29) is 24.6 Å². The van der Waals surface area contributed by atoms with Gasteiger partial charge in [-0.25, -0.2) is 4.79 Å². The Balaban J connectivity index is 3.58. The van der Waals surface area contributed by atoms with Crippen LogP contribution < -0.4 is 5.32 Å². The number of alkyl halides is 3. The lowest BCUT2D eigenvalue weighted by molar-refractivity contribution is -0.196. The minimum absolute atomic E-state index is 0.0109. The van der Waals surface area contributed by atoms with Crippen LogP contribution in [0.2, 0.25) is 0 Å². The van der Waals surface area contributed by atoms with E-state index in [1.165, 1.54) is 6.92 Å². The number of methoxy groups -OCH3 is 1. The first-order valence-electron chi connectivity index (χ1n) is 7.93. The molecule has 1 N–H and O–H groups in total. The summed E-state index contributed by atoms with van der Waals surface area (Å²) in [4.78, 5) is 37.7. The summed E-state index contributed by atoms with van der Waals surface area (Å²) in [5.41, 5.74) is -4.48. The molecule has 1 rings (SSSR count). The zero-order valence-electron chi connectivity index (χ0n) is 14.9. The van der Waals surface area contributed by atoms with Crippen LogP contribution in [-0.4, -0.2) is 48.1 Å². The van der Waals surface area contributed by atoms with Gasteiger partial charge in [0.15, 0.2) is 0 Å². The molecule has 0 aliphatic carbocycles. The number of ether oxygens (including phenoxy) is 1. The Morgan fingerprint density at radius 3 is 2.28 bits per heavy atom. The number of nitrogens with one attached hydrogen (secondary N) is 1. The van der Waals surface area contributed by atoms with Crippen LogP contribution >= 0.6 is 0 Å². The number of esters is 1. The van der Waals surface area contributed by atoms with Crippen LogP contribution in [-0.2, 0) is 19.1 Å². The van der Waals surface area contributed by atoms with E-state index in [4.69, 9.17) is 0 Å². The fraction of sp³-hybridized carbons (Fsp3) is 0.688. The molecule has 0 saturated carbocycles. The third-order valence-electron chi connectivity index (χ3n) is 3.89. The lowest BCUT2D eigenvalue weighted by Crippen LogP contribution is -2.66. The molecule has 2 amide bonds. The van der Waals surface area contributed by atoms with E-state index in [9.17, 15) is 27.6 Å².